The summed E-state index contributed by atoms with van der Waals surface area (Å²) in [6.45, 7) is 6.82. The molecule has 0 fully saturated rings. The van der Waals surface area contributed by atoms with E-state index in [0.29, 0.717) is 5.54 Å². The lowest BCUT2D eigenvalue weighted by Gasteiger charge is -2.23. The van der Waals surface area contributed by atoms with E-state index >= 15 is 0 Å². The van der Waals surface area contributed by atoms with E-state index in [4.69, 9.17) is 0 Å². The molecular weight excluding hydrogens is 158 g/mol. The number of rotatable bonds is 8. The highest BCUT2D eigenvalue weighted by Gasteiger charge is 2.12. The Labute approximate surface area is 84.3 Å². The van der Waals surface area contributed by atoms with Crippen LogP contribution in [0.1, 0.15) is 65.7 Å². The fourth-order valence-electron chi connectivity index (χ4n) is 1.47. The van der Waals surface area contributed by atoms with Gasteiger partial charge in [0.25, 0.3) is 0 Å². The van der Waals surface area contributed by atoms with Crippen LogP contribution < -0.4 is 5.32 Å². The van der Waals surface area contributed by atoms with Crippen LogP contribution in [0, 0.1) is 0 Å². The van der Waals surface area contributed by atoms with Gasteiger partial charge in [-0.25, -0.2) is 0 Å². The van der Waals surface area contributed by atoms with E-state index in [2.05, 4.69) is 33.1 Å². The molecule has 0 aliphatic carbocycles. The van der Waals surface area contributed by atoms with Gasteiger partial charge < -0.3 is 5.32 Å². The molecule has 0 radical (unpaired) electrons. The summed E-state index contributed by atoms with van der Waals surface area (Å²) in [7, 11) is 2.05. The monoisotopic (exact) mass is 185 g/mol. The Morgan fingerprint density at radius 3 is 2.00 bits per heavy atom. The van der Waals surface area contributed by atoms with Crippen LogP contribution in [0.3, 0.4) is 0 Å². The maximum atomic E-state index is 3.34. The van der Waals surface area contributed by atoms with Crippen LogP contribution in [0.5, 0.6) is 0 Å². The Hall–Kier alpha value is -0.0400. The zero-order chi connectivity index (χ0) is 10.2. The predicted molar refractivity (Wildman–Crippen MR) is 61.1 cm³/mol. The van der Waals surface area contributed by atoms with Gasteiger partial charge in [-0.05, 0) is 27.3 Å². The zero-order valence-electron chi connectivity index (χ0n) is 9.95. The maximum absolute atomic E-state index is 3.34. The average molecular weight is 185 g/mol. The molecule has 0 amide bonds. The highest BCUT2D eigenvalue weighted by atomic mass is 14.9. The third-order valence-corrected chi connectivity index (χ3v) is 2.83. The molecule has 0 rings (SSSR count). The molecule has 1 nitrogen and oxygen atoms in total. The van der Waals surface area contributed by atoms with Crippen LogP contribution in [-0.4, -0.2) is 12.6 Å². The van der Waals surface area contributed by atoms with Gasteiger partial charge in [0.05, 0.1) is 0 Å². The third kappa shape index (κ3) is 8.29. The summed E-state index contributed by atoms with van der Waals surface area (Å²) in [5.74, 6) is 0. The second kappa shape index (κ2) is 7.37. The van der Waals surface area contributed by atoms with Crippen molar-refractivity contribution in [3.05, 3.63) is 0 Å². The minimum Gasteiger partial charge on any atom is -0.315 e. The van der Waals surface area contributed by atoms with Crippen LogP contribution in [0.2, 0.25) is 0 Å². The number of unbranched alkanes of at least 4 members (excludes halogenated alkanes) is 5. The molecule has 0 heterocycles. The summed E-state index contributed by atoms with van der Waals surface area (Å²) >= 11 is 0. The van der Waals surface area contributed by atoms with Gasteiger partial charge in [0.15, 0.2) is 0 Å². The predicted octanol–water partition coefficient (Wildman–Crippen LogP) is 3.74. The molecular formula is C12H27N. The molecule has 0 aromatic carbocycles. The number of nitrogens with one attached hydrogen (secondary N) is 1. The van der Waals surface area contributed by atoms with Gasteiger partial charge in [-0.15, -0.1) is 0 Å². The van der Waals surface area contributed by atoms with Gasteiger partial charge in [-0.1, -0.05) is 45.4 Å². The summed E-state index contributed by atoms with van der Waals surface area (Å²) in [5, 5.41) is 3.34. The van der Waals surface area contributed by atoms with Crippen LogP contribution in [0.4, 0.5) is 0 Å². The van der Waals surface area contributed by atoms with Crippen LogP contribution >= 0.6 is 0 Å². The first-order valence-electron chi connectivity index (χ1n) is 5.81. The third-order valence-electron chi connectivity index (χ3n) is 2.83. The second-order valence-corrected chi connectivity index (χ2v) is 4.65. The van der Waals surface area contributed by atoms with Crippen LogP contribution in [0.25, 0.3) is 0 Å². The average Bonchev–Trinajstić information content (AvgIpc) is 2.11. The normalized spacial score (nSPS) is 12.0. The first-order valence-corrected chi connectivity index (χ1v) is 5.81. The largest absolute Gasteiger partial charge is 0.315 e. The Morgan fingerprint density at radius 1 is 0.923 bits per heavy atom. The lowest BCUT2D eigenvalue weighted by Crippen LogP contribution is -2.35. The minimum atomic E-state index is 0.338. The lowest BCUT2D eigenvalue weighted by atomic mass is 9.96. The first-order chi connectivity index (χ1) is 6.12. The van der Waals surface area contributed by atoms with Crippen LogP contribution in [0.15, 0.2) is 0 Å². The van der Waals surface area contributed by atoms with Gasteiger partial charge in [0.1, 0.15) is 0 Å². The molecule has 80 valence electrons. The SMILES string of the molecule is CCCCCCCCC(C)(C)NC. The summed E-state index contributed by atoms with van der Waals surface area (Å²) in [5.41, 5.74) is 0.338. The van der Waals surface area contributed by atoms with Gasteiger partial charge >= 0.3 is 0 Å². The molecule has 0 aromatic rings. The Kier molecular flexibility index (Phi) is 7.35. The maximum Gasteiger partial charge on any atom is 0.0122 e. The van der Waals surface area contributed by atoms with Crippen molar-refractivity contribution in [3.63, 3.8) is 0 Å². The fourth-order valence-corrected chi connectivity index (χ4v) is 1.47. The van der Waals surface area contributed by atoms with Crippen molar-refractivity contribution in [1.82, 2.24) is 5.32 Å². The molecule has 0 aliphatic rings. The number of hydrogen-bond acceptors (Lipinski definition) is 1. The zero-order valence-corrected chi connectivity index (χ0v) is 9.95. The topological polar surface area (TPSA) is 12.0 Å². The quantitative estimate of drug-likeness (QED) is 0.568. The summed E-state index contributed by atoms with van der Waals surface area (Å²) in [4.78, 5) is 0. The van der Waals surface area contributed by atoms with Gasteiger partial charge in [-0.3, -0.25) is 0 Å². The fraction of sp³-hybridized carbons (Fsp3) is 1.00. The molecule has 0 unspecified atom stereocenters. The Morgan fingerprint density at radius 2 is 1.46 bits per heavy atom. The summed E-state index contributed by atoms with van der Waals surface area (Å²) in [6, 6.07) is 0. The molecule has 0 aromatic heterocycles. The van der Waals surface area contributed by atoms with Crippen molar-refractivity contribution < 1.29 is 0 Å². The van der Waals surface area contributed by atoms with E-state index in [-0.39, 0.29) is 0 Å². The second-order valence-electron chi connectivity index (χ2n) is 4.65. The number of hydrogen-bond donors (Lipinski definition) is 1. The molecule has 0 saturated carbocycles. The molecule has 0 bridgehead atoms. The van der Waals surface area contributed by atoms with E-state index in [9.17, 15) is 0 Å². The van der Waals surface area contributed by atoms with Crippen molar-refractivity contribution in [2.75, 3.05) is 7.05 Å². The lowest BCUT2D eigenvalue weighted by molar-refractivity contribution is 0.373. The molecule has 1 N–H and O–H groups in total. The Bertz CT molecular complexity index is 108. The van der Waals surface area contributed by atoms with Gasteiger partial charge in [-0.2, -0.15) is 0 Å². The molecule has 13 heavy (non-hydrogen) atoms. The highest BCUT2D eigenvalue weighted by molar-refractivity contribution is 4.74. The minimum absolute atomic E-state index is 0.338. The Balaban J connectivity index is 3.16. The van der Waals surface area contributed by atoms with Crippen molar-refractivity contribution in [2.45, 2.75) is 71.3 Å². The van der Waals surface area contributed by atoms with Gasteiger partial charge in [0, 0.05) is 5.54 Å². The van der Waals surface area contributed by atoms with E-state index in [0.717, 1.165) is 0 Å². The smallest absolute Gasteiger partial charge is 0.0122 e. The van der Waals surface area contributed by atoms with E-state index < -0.39 is 0 Å². The van der Waals surface area contributed by atoms with Crippen molar-refractivity contribution in [1.29, 1.82) is 0 Å². The highest BCUT2D eigenvalue weighted by Crippen LogP contribution is 2.14. The summed E-state index contributed by atoms with van der Waals surface area (Å²) in [6.07, 6.45) is 9.69. The standard InChI is InChI=1S/C12H27N/c1-5-6-7-8-9-10-11-12(2,3)13-4/h13H,5-11H2,1-4H3. The van der Waals surface area contributed by atoms with Crippen molar-refractivity contribution >= 4 is 0 Å². The molecule has 0 spiro atoms. The molecule has 1 heteroatoms. The summed E-state index contributed by atoms with van der Waals surface area (Å²) < 4.78 is 0. The van der Waals surface area contributed by atoms with E-state index in [1.165, 1.54) is 44.9 Å². The van der Waals surface area contributed by atoms with E-state index in [1.807, 2.05) is 0 Å². The van der Waals surface area contributed by atoms with E-state index in [1.54, 1.807) is 0 Å². The van der Waals surface area contributed by atoms with Gasteiger partial charge in [0.2, 0.25) is 0 Å². The first kappa shape index (κ1) is 13.0. The molecule has 0 atom stereocenters. The van der Waals surface area contributed by atoms with Crippen LogP contribution in [-0.2, 0) is 0 Å². The molecule has 0 aliphatic heterocycles. The van der Waals surface area contributed by atoms with Crippen molar-refractivity contribution in [2.24, 2.45) is 0 Å². The molecule has 0 saturated heterocycles. The van der Waals surface area contributed by atoms with Crippen molar-refractivity contribution in [3.8, 4) is 0 Å².